The lowest BCUT2D eigenvalue weighted by Gasteiger charge is -2.16. The number of anilines is 1. The summed E-state index contributed by atoms with van der Waals surface area (Å²) >= 11 is 3.08. The van der Waals surface area contributed by atoms with Gasteiger partial charge in [0, 0.05) is 23.2 Å². The maximum Gasteiger partial charge on any atom is 0.270 e. The van der Waals surface area contributed by atoms with Crippen molar-refractivity contribution in [1.29, 1.82) is 0 Å². The van der Waals surface area contributed by atoms with Crippen LogP contribution in [0.4, 0.5) is 5.69 Å². The summed E-state index contributed by atoms with van der Waals surface area (Å²) in [4.78, 5) is 19.7. The molecule has 0 spiro atoms. The van der Waals surface area contributed by atoms with Gasteiger partial charge in [-0.3, -0.25) is 4.79 Å². The molecule has 1 aromatic carbocycles. The van der Waals surface area contributed by atoms with E-state index >= 15 is 0 Å². The zero-order valence-corrected chi connectivity index (χ0v) is 14.1. The number of thiazole rings is 1. The monoisotopic (exact) mass is 342 g/mol. The van der Waals surface area contributed by atoms with Crippen molar-refractivity contribution in [2.24, 2.45) is 0 Å². The van der Waals surface area contributed by atoms with Gasteiger partial charge in [0.25, 0.3) is 5.91 Å². The Hall–Kier alpha value is -2.18. The summed E-state index contributed by atoms with van der Waals surface area (Å²) in [6, 6.07) is 7.88. The molecule has 4 nitrogen and oxygen atoms in total. The summed E-state index contributed by atoms with van der Waals surface area (Å²) in [7, 11) is 1.66. The van der Waals surface area contributed by atoms with Gasteiger partial charge in [-0.1, -0.05) is 0 Å². The number of rotatable bonds is 3. The van der Waals surface area contributed by atoms with E-state index in [0.29, 0.717) is 11.4 Å². The third kappa shape index (κ3) is 2.54. The number of methoxy groups -OCH3 is 1. The lowest BCUT2D eigenvalue weighted by Crippen LogP contribution is -2.28. The molecule has 3 heterocycles. The van der Waals surface area contributed by atoms with Crippen LogP contribution in [0.1, 0.15) is 15.2 Å². The van der Waals surface area contributed by atoms with Crippen molar-refractivity contribution in [3.63, 3.8) is 0 Å². The zero-order valence-electron chi connectivity index (χ0n) is 12.5. The molecule has 1 amide bonds. The molecule has 6 heteroatoms. The van der Waals surface area contributed by atoms with Gasteiger partial charge in [0.05, 0.1) is 13.3 Å². The Kier molecular flexibility index (Phi) is 3.63. The van der Waals surface area contributed by atoms with E-state index in [9.17, 15) is 4.79 Å². The highest BCUT2D eigenvalue weighted by atomic mass is 32.1. The molecule has 0 radical (unpaired) electrons. The molecule has 1 aliphatic rings. The van der Waals surface area contributed by atoms with Gasteiger partial charge in [-0.05, 0) is 41.6 Å². The predicted molar refractivity (Wildman–Crippen MR) is 93.8 cm³/mol. The second kappa shape index (κ2) is 5.79. The molecule has 4 rings (SSSR count). The van der Waals surface area contributed by atoms with Gasteiger partial charge in [0.15, 0.2) is 0 Å². The average molecular weight is 342 g/mol. The first-order chi connectivity index (χ1) is 11.3. The number of amides is 1. The lowest BCUT2D eigenvalue weighted by molar-refractivity contribution is 0.0993. The molecule has 116 valence electrons. The van der Waals surface area contributed by atoms with Crippen LogP contribution in [0.3, 0.4) is 0 Å². The smallest absolute Gasteiger partial charge is 0.270 e. The minimum absolute atomic E-state index is 0.0212. The van der Waals surface area contributed by atoms with Crippen molar-refractivity contribution < 1.29 is 9.53 Å². The van der Waals surface area contributed by atoms with E-state index in [1.54, 1.807) is 24.6 Å². The highest BCUT2D eigenvalue weighted by Gasteiger charge is 2.27. The molecule has 0 saturated heterocycles. The number of thiophene rings is 1. The summed E-state index contributed by atoms with van der Waals surface area (Å²) < 4.78 is 5.25. The lowest BCUT2D eigenvalue weighted by atomic mass is 10.1. The Balaban J connectivity index is 1.62. The van der Waals surface area contributed by atoms with Crippen molar-refractivity contribution in [1.82, 2.24) is 4.98 Å². The Morgan fingerprint density at radius 3 is 3.04 bits per heavy atom. The van der Waals surface area contributed by atoms with E-state index in [2.05, 4.69) is 4.98 Å². The molecule has 0 N–H and O–H groups in total. The number of hydrogen-bond acceptors (Lipinski definition) is 5. The van der Waals surface area contributed by atoms with Gasteiger partial charge in [-0.25, -0.2) is 4.98 Å². The van der Waals surface area contributed by atoms with E-state index < -0.39 is 0 Å². The Morgan fingerprint density at radius 1 is 1.35 bits per heavy atom. The van der Waals surface area contributed by atoms with Crippen LogP contribution >= 0.6 is 22.7 Å². The quantitative estimate of drug-likeness (QED) is 0.720. The maximum absolute atomic E-state index is 12.8. The topological polar surface area (TPSA) is 42.4 Å². The van der Waals surface area contributed by atoms with Crippen LogP contribution in [0.5, 0.6) is 5.75 Å². The van der Waals surface area contributed by atoms with E-state index in [1.807, 2.05) is 39.9 Å². The molecule has 0 aliphatic carbocycles. The first kappa shape index (κ1) is 14.4. The second-order valence-electron chi connectivity index (χ2n) is 5.24. The number of benzene rings is 1. The van der Waals surface area contributed by atoms with Gasteiger partial charge in [0.1, 0.15) is 15.6 Å². The van der Waals surface area contributed by atoms with Gasteiger partial charge in [-0.2, -0.15) is 11.3 Å². The molecular weight excluding hydrogens is 328 g/mol. The molecule has 0 fully saturated rings. The minimum atomic E-state index is 0.0212. The highest BCUT2D eigenvalue weighted by molar-refractivity contribution is 7.17. The summed E-state index contributed by atoms with van der Waals surface area (Å²) in [5.74, 6) is 0.850. The molecule has 0 unspecified atom stereocenters. The molecule has 2 aromatic heterocycles. The minimum Gasteiger partial charge on any atom is -0.497 e. The number of fused-ring (bicyclic) bond motifs is 1. The number of carbonyl (C=O) groups is 1. The van der Waals surface area contributed by atoms with E-state index in [-0.39, 0.29) is 5.91 Å². The normalized spacial score (nSPS) is 13.2. The first-order valence-electron chi connectivity index (χ1n) is 7.23. The molecule has 3 aromatic rings. The van der Waals surface area contributed by atoms with Crippen LogP contribution in [0, 0.1) is 0 Å². The van der Waals surface area contributed by atoms with Gasteiger partial charge in [0.2, 0.25) is 0 Å². The molecule has 0 bridgehead atoms. The molecular formula is C17H14N2O2S2. The van der Waals surface area contributed by atoms with Crippen LogP contribution in [0.25, 0.3) is 10.6 Å². The maximum atomic E-state index is 12.8. The van der Waals surface area contributed by atoms with E-state index in [1.165, 1.54) is 11.3 Å². The van der Waals surface area contributed by atoms with Gasteiger partial charge in [-0.15, -0.1) is 11.3 Å². The van der Waals surface area contributed by atoms with Crippen molar-refractivity contribution in [3.8, 4) is 16.3 Å². The van der Waals surface area contributed by atoms with Crippen molar-refractivity contribution >= 4 is 34.3 Å². The van der Waals surface area contributed by atoms with Crippen LogP contribution in [-0.2, 0) is 6.42 Å². The standard InChI is InChI=1S/C17H14N2O2S2/c1-21-13-2-3-14-11(8-13)4-6-19(14)17(20)15-9-18-16(23-15)12-5-7-22-10-12/h2-3,5,7-10H,4,6H2,1H3. The van der Waals surface area contributed by atoms with Gasteiger partial charge < -0.3 is 9.64 Å². The number of ether oxygens (including phenoxy) is 1. The highest BCUT2D eigenvalue weighted by Crippen LogP contribution is 2.34. The average Bonchev–Trinajstić information content (AvgIpc) is 3.32. The third-order valence-electron chi connectivity index (χ3n) is 3.91. The predicted octanol–water partition coefficient (Wildman–Crippen LogP) is 4.08. The van der Waals surface area contributed by atoms with Crippen LogP contribution < -0.4 is 9.64 Å². The largest absolute Gasteiger partial charge is 0.497 e. The third-order valence-corrected chi connectivity index (χ3v) is 5.63. The van der Waals surface area contributed by atoms with Crippen LogP contribution in [-0.4, -0.2) is 24.5 Å². The van der Waals surface area contributed by atoms with E-state index in [0.717, 1.165) is 34.0 Å². The Labute approximate surface area is 142 Å². The fraction of sp³-hybridized carbons (Fsp3) is 0.176. The second-order valence-corrected chi connectivity index (χ2v) is 7.05. The molecule has 0 saturated carbocycles. The molecule has 23 heavy (non-hydrogen) atoms. The fourth-order valence-corrected chi connectivity index (χ4v) is 4.32. The van der Waals surface area contributed by atoms with Crippen LogP contribution in [0.15, 0.2) is 41.2 Å². The number of aromatic nitrogens is 1. The SMILES string of the molecule is COc1ccc2c(c1)CCN2C(=O)c1cnc(-c2ccsc2)s1. The van der Waals surface area contributed by atoms with Crippen molar-refractivity contribution in [2.75, 3.05) is 18.6 Å². The van der Waals surface area contributed by atoms with Crippen molar-refractivity contribution in [2.45, 2.75) is 6.42 Å². The molecule has 0 atom stereocenters. The van der Waals surface area contributed by atoms with Crippen LogP contribution in [0.2, 0.25) is 0 Å². The van der Waals surface area contributed by atoms with E-state index in [4.69, 9.17) is 4.74 Å². The van der Waals surface area contributed by atoms with Gasteiger partial charge >= 0.3 is 0 Å². The summed E-state index contributed by atoms with van der Waals surface area (Å²) in [5.41, 5.74) is 3.20. The summed E-state index contributed by atoms with van der Waals surface area (Å²) in [6.07, 6.45) is 2.54. The Bertz CT molecular complexity index is 855. The summed E-state index contributed by atoms with van der Waals surface area (Å²) in [6.45, 7) is 0.701. The number of hydrogen-bond donors (Lipinski definition) is 0. The summed E-state index contributed by atoms with van der Waals surface area (Å²) in [5, 5.41) is 4.95. The van der Waals surface area contributed by atoms with Crippen molar-refractivity contribution in [3.05, 3.63) is 51.7 Å². The fourth-order valence-electron chi connectivity index (χ4n) is 2.74. The Morgan fingerprint density at radius 2 is 2.26 bits per heavy atom. The number of nitrogens with zero attached hydrogens (tertiary/aromatic N) is 2. The molecule has 1 aliphatic heterocycles. The zero-order chi connectivity index (χ0) is 15.8. The first-order valence-corrected chi connectivity index (χ1v) is 8.99. The number of carbonyl (C=O) groups excluding carboxylic acids is 1.